The topological polar surface area (TPSA) is 95.8 Å². The van der Waals surface area contributed by atoms with Gasteiger partial charge in [-0.15, -0.1) is 0 Å². The monoisotopic (exact) mass is 231 g/mol. The molecule has 0 saturated heterocycles. The number of hydrogen-bond donors (Lipinski definition) is 4. The van der Waals surface area contributed by atoms with Crippen molar-refractivity contribution in [2.45, 2.75) is 6.92 Å². The van der Waals surface area contributed by atoms with Gasteiger partial charge in [-0.1, -0.05) is 0 Å². The van der Waals surface area contributed by atoms with Crippen molar-refractivity contribution >= 4 is 17.5 Å². The van der Waals surface area contributed by atoms with Crippen LogP contribution in [0.25, 0.3) is 0 Å². The number of nitrogens with one attached hydrogen (secondary N) is 3. The molecule has 6 nitrogen and oxygen atoms in total. The molecule has 0 unspecified atom stereocenters. The minimum absolute atomic E-state index is 0.216. The summed E-state index contributed by atoms with van der Waals surface area (Å²) in [5, 5.41) is 2.65. The molecule has 5 N–H and O–H groups in total. The number of aromatic amines is 1. The van der Waals surface area contributed by atoms with Crippen molar-refractivity contribution < 1.29 is 4.79 Å². The minimum Gasteiger partial charge on any atom is -0.331 e. The van der Waals surface area contributed by atoms with Crippen molar-refractivity contribution in [2.24, 2.45) is 5.84 Å². The maximum absolute atomic E-state index is 11.8. The molecule has 1 aromatic carbocycles. The van der Waals surface area contributed by atoms with Crippen LogP contribution in [0.1, 0.15) is 15.9 Å². The van der Waals surface area contributed by atoms with Crippen LogP contribution in [0.4, 0.5) is 11.6 Å². The third-order valence-electron chi connectivity index (χ3n) is 2.37. The molecule has 0 aliphatic heterocycles. The number of hydrazine groups is 1. The van der Waals surface area contributed by atoms with Crippen LogP contribution in [0.3, 0.4) is 0 Å². The lowest BCUT2D eigenvalue weighted by Crippen LogP contribution is -2.14. The summed E-state index contributed by atoms with van der Waals surface area (Å²) in [5.74, 6) is 5.53. The molecule has 1 amide bonds. The fourth-order valence-electron chi connectivity index (χ4n) is 1.48. The van der Waals surface area contributed by atoms with Gasteiger partial charge in [-0.05, 0) is 30.7 Å². The number of anilines is 2. The zero-order valence-electron chi connectivity index (χ0n) is 9.32. The smallest absolute Gasteiger partial charge is 0.257 e. The molecule has 1 heterocycles. The predicted octanol–water partition coefficient (Wildman–Crippen LogP) is 1.26. The van der Waals surface area contributed by atoms with Crippen LogP contribution < -0.4 is 16.6 Å². The summed E-state index contributed by atoms with van der Waals surface area (Å²) >= 11 is 0. The number of H-pyrrole nitrogens is 1. The van der Waals surface area contributed by atoms with Crippen LogP contribution in [0.5, 0.6) is 0 Å². The SMILES string of the molecule is Cc1cc(C(=O)Nc2ncc[nH]2)ccc1NN. The van der Waals surface area contributed by atoms with Crippen molar-refractivity contribution in [3.8, 4) is 0 Å². The molecule has 0 radical (unpaired) electrons. The Morgan fingerprint density at radius 1 is 1.47 bits per heavy atom. The Labute approximate surface area is 98.2 Å². The number of imidazole rings is 1. The number of hydrogen-bond acceptors (Lipinski definition) is 4. The first-order valence-electron chi connectivity index (χ1n) is 5.08. The van der Waals surface area contributed by atoms with E-state index in [-0.39, 0.29) is 5.91 Å². The van der Waals surface area contributed by atoms with Crippen LogP contribution in [-0.2, 0) is 0 Å². The van der Waals surface area contributed by atoms with Gasteiger partial charge < -0.3 is 10.4 Å². The Morgan fingerprint density at radius 3 is 2.88 bits per heavy atom. The van der Waals surface area contributed by atoms with Crippen LogP contribution in [0.2, 0.25) is 0 Å². The van der Waals surface area contributed by atoms with E-state index < -0.39 is 0 Å². The number of carbonyl (C=O) groups is 1. The highest BCUT2D eigenvalue weighted by Gasteiger charge is 2.08. The zero-order valence-corrected chi connectivity index (χ0v) is 9.32. The van der Waals surface area contributed by atoms with Crippen LogP contribution in [0, 0.1) is 6.92 Å². The predicted molar refractivity (Wildman–Crippen MR) is 65.5 cm³/mol. The second kappa shape index (κ2) is 4.67. The molecule has 6 heteroatoms. The molecule has 2 rings (SSSR count). The molecular weight excluding hydrogens is 218 g/mol. The quantitative estimate of drug-likeness (QED) is 0.472. The van der Waals surface area contributed by atoms with Gasteiger partial charge in [-0.25, -0.2) is 4.98 Å². The molecule has 0 spiro atoms. The summed E-state index contributed by atoms with van der Waals surface area (Å²) in [6.07, 6.45) is 3.21. The van der Waals surface area contributed by atoms with Crippen molar-refractivity contribution in [1.82, 2.24) is 9.97 Å². The minimum atomic E-state index is -0.216. The van der Waals surface area contributed by atoms with E-state index in [0.717, 1.165) is 11.3 Å². The molecular formula is C11H13N5O. The molecule has 0 atom stereocenters. The van der Waals surface area contributed by atoms with Gasteiger partial charge in [-0.3, -0.25) is 16.0 Å². The summed E-state index contributed by atoms with van der Waals surface area (Å²) in [6.45, 7) is 1.87. The molecule has 0 bridgehead atoms. The van der Waals surface area contributed by atoms with E-state index in [1.54, 1.807) is 30.6 Å². The van der Waals surface area contributed by atoms with Crippen molar-refractivity contribution in [3.63, 3.8) is 0 Å². The van der Waals surface area contributed by atoms with E-state index in [1.165, 1.54) is 0 Å². The summed E-state index contributed by atoms with van der Waals surface area (Å²) in [5.41, 5.74) is 4.80. The van der Waals surface area contributed by atoms with E-state index in [4.69, 9.17) is 5.84 Å². The third kappa shape index (κ3) is 2.43. The number of nitrogens with zero attached hydrogens (tertiary/aromatic N) is 1. The Bertz CT molecular complexity index is 521. The highest BCUT2D eigenvalue weighted by molar-refractivity contribution is 6.03. The second-order valence-corrected chi connectivity index (χ2v) is 3.57. The number of nitrogens with two attached hydrogens (primary N) is 1. The maximum Gasteiger partial charge on any atom is 0.257 e. The third-order valence-corrected chi connectivity index (χ3v) is 2.37. The first-order valence-corrected chi connectivity index (χ1v) is 5.08. The molecule has 1 aromatic heterocycles. The average Bonchev–Trinajstić information content (AvgIpc) is 2.81. The van der Waals surface area contributed by atoms with Gasteiger partial charge in [0.25, 0.3) is 5.91 Å². The van der Waals surface area contributed by atoms with Crippen LogP contribution >= 0.6 is 0 Å². The number of aryl methyl sites for hydroxylation is 1. The number of carbonyl (C=O) groups excluding carboxylic acids is 1. The van der Waals surface area contributed by atoms with Gasteiger partial charge in [0.05, 0.1) is 5.69 Å². The van der Waals surface area contributed by atoms with E-state index >= 15 is 0 Å². The van der Waals surface area contributed by atoms with E-state index in [0.29, 0.717) is 11.5 Å². The van der Waals surface area contributed by atoms with Gasteiger partial charge in [0.2, 0.25) is 5.95 Å². The first kappa shape index (κ1) is 11.2. The highest BCUT2D eigenvalue weighted by Crippen LogP contribution is 2.15. The van der Waals surface area contributed by atoms with Gasteiger partial charge in [0, 0.05) is 18.0 Å². The molecule has 2 aromatic rings. The molecule has 0 aliphatic carbocycles. The Hall–Kier alpha value is -2.34. The van der Waals surface area contributed by atoms with Crippen LogP contribution in [-0.4, -0.2) is 15.9 Å². The molecule has 0 aliphatic rings. The summed E-state index contributed by atoms with van der Waals surface area (Å²) < 4.78 is 0. The van der Waals surface area contributed by atoms with Crippen LogP contribution in [0.15, 0.2) is 30.6 Å². The van der Waals surface area contributed by atoms with Gasteiger partial charge in [-0.2, -0.15) is 0 Å². The van der Waals surface area contributed by atoms with Crippen molar-refractivity contribution in [1.29, 1.82) is 0 Å². The van der Waals surface area contributed by atoms with Gasteiger partial charge >= 0.3 is 0 Å². The number of aromatic nitrogens is 2. The largest absolute Gasteiger partial charge is 0.331 e. The van der Waals surface area contributed by atoms with Gasteiger partial charge in [0.15, 0.2) is 0 Å². The normalized spacial score (nSPS) is 10.0. The van der Waals surface area contributed by atoms with E-state index in [9.17, 15) is 4.79 Å². The molecule has 88 valence electrons. The lowest BCUT2D eigenvalue weighted by molar-refractivity contribution is 0.102. The van der Waals surface area contributed by atoms with E-state index in [1.807, 2.05) is 6.92 Å². The van der Waals surface area contributed by atoms with Crippen molar-refractivity contribution in [2.75, 3.05) is 10.7 Å². The number of amides is 1. The Kier molecular flexibility index (Phi) is 3.06. The Balaban J connectivity index is 2.17. The second-order valence-electron chi connectivity index (χ2n) is 3.57. The summed E-state index contributed by atoms with van der Waals surface area (Å²) in [4.78, 5) is 18.6. The fraction of sp³-hybridized carbons (Fsp3) is 0.0909. The zero-order chi connectivity index (χ0) is 12.3. The first-order chi connectivity index (χ1) is 8.20. The Morgan fingerprint density at radius 2 is 2.29 bits per heavy atom. The molecule has 0 fully saturated rings. The number of nitrogen functional groups attached to an aromatic ring is 1. The van der Waals surface area contributed by atoms with Gasteiger partial charge in [0.1, 0.15) is 0 Å². The standard InChI is InChI=1S/C11H13N5O/c1-7-6-8(2-3-9(7)16-12)10(17)15-11-13-4-5-14-11/h2-6,16H,12H2,1H3,(H2,13,14,15,17). The average molecular weight is 231 g/mol. The highest BCUT2D eigenvalue weighted by atomic mass is 16.1. The lowest BCUT2D eigenvalue weighted by Gasteiger charge is -2.07. The maximum atomic E-state index is 11.8. The molecule has 17 heavy (non-hydrogen) atoms. The lowest BCUT2D eigenvalue weighted by atomic mass is 10.1. The summed E-state index contributed by atoms with van der Waals surface area (Å²) in [6, 6.07) is 5.21. The number of benzene rings is 1. The van der Waals surface area contributed by atoms with E-state index in [2.05, 4.69) is 20.7 Å². The number of rotatable bonds is 3. The molecule has 0 saturated carbocycles. The summed E-state index contributed by atoms with van der Waals surface area (Å²) in [7, 11) is 0. The fourth-order valence-corrected chi connectivity index (χ4v) is 1.48. The van der Waals surface area contributed by atoms with Crippen molar-refractivity contribution in [3.05, 3.63) is 41.7 Å².